The van der Waals surface area contributed by atoms with Crippen LogP contribution in [0.3, 0.4) is 0 Å². The zero-order valence-corrected chi connectivity index (χ0v) is 18.9. The average molecular weight is 460 g/mol. The third kappa shape index (κ3) is 4.78. The number of furan rings is 1. The molecular weight excluding hydrogens is 434 g/mol. The fourth-order valence-electron chi connectivity index (χ4n) is 3.58. The number of nitrogens with one attached hydrogen (secondary N) is 3. The maximum absolute atomic E-state index is 13.0. The second-order valence-electron chi connectivity index (χ2n) is 7.65. The molecule has 4 aromatic rings. The van der Waals surface area contributed by atoms with Crippen LogP contribution in [-0.4, -0.2) is 27.7 Å². The number of hydrogen-bond acceptors (Lipinski definition) is 5. The van der Waals surface area contributed by atoms with Gasteiger partial charge >= 0.3 is 0 Å². The minimum atomic E-state index is -0.406. The van der Waals surface area contributed by atoms with Crippen LogP contribution in [0.5, 0.6) is 0 Å². The molecule has 9 nitrogen and oxygen atoms in total. The number of rotatable bonds is 8. The molecular formula is C25H25N5O4. The summed E-state index contributed by atoms with van der Waals surface area (Å²) in [5.74, 6) is -0.0704. The number of aromatic nitrogens is 2. The van der Waals surface area contributed by atoms with Crippen LogP contribution < -0.4 is 21.5 Å². The molecule has 0 unspecified atom stereocenters. The number of para-hydroxylation sites is 2. The van der Waals surface area contributed by atoms with Crippen molar-refractivity contribution in [1.29, 1.82) is 0 Å². The molecule has 0 bridgehead atoms. The summed E-state index contributed by atoms with van der Waals surface area (Å²) in [6.07, 6.45) is 1.54. The van der Waals surface area contributed by atoms with E-state index in [1.165, 1.54) is 4.68 Å². The summed E-state index contributed by atoms with van der Waals surface area (Å²) in [6.45, 7) is 1.89. The Balaban J connectivity index is 1.43. The van der Waals surface area contributed by atoms with Crippen molar-refractivity contribution in [3.05, 3.63) is 100 Å². The predicted molar refractivity (Wildman–Crippen MR) is 129 cm³/mol. The van der Waals surface area contributed by atoms with E-state index in [1.54, 1.807) is 61.3 Å². The molecule has 0 saturated heterocycles. The maximum Gasteiger partial charge on any atom is 0.295 e. The number of amides is 2. The van der Waals surface area contributed by atoms with Gasteiger partial charge in [0.25, 0.3) is 11.5 Å². The van der Waals surface area contributed by atoms with Gasteiger partial charge in [0, 0.05) is 12.7 Å². The van der Waals surface area contributed by atoms with Gasteiger partial charge in [-0.05, 0) is 43.3 Å². The van der Waals surface area contributed by atoms with Crippen molar-refractivity contribution in [3.8, 4) is 5.69 Å². The number of anilines is 2. The van der Waals surface area contributed by atoms with Crippen molar-refractivity contribution in [2.75, 3.05) is 17.2 Å². The average Bonchev–Trinajstić information content (AvgIpc) is 3.45. The van der Waals surface area contributed by atoms with E-state index in [1.807, 2.05) is 30.3 Å². The molecule has 0 saturated carbocycles. The van der Waals surface area contributed by atoms with Crippen LogP contribution in [0.25, 0.3) is 5.69 Å². The lowest BCUT2D eigenvalue weighted by Crippen LogP contribution is -2.28. The van der Waals surface area contributed by atoms with E-state index in [2.05, 4.69) is 16.0 Å². The molecule has 174 valence electrons. The topological polar surface area (TPSA) is 110 Å². The van der Waals surface area contributed by atoms with Gasteiger partial charge in [-0.1, -0.05) is 30.3 Å². The second kappa shape index (κ2) is 9.95. The van der Waals surface area contributed by atoms with E-state index in [4.69, 9.17) is 4.42 Å². The van der Waals surface area contributed by atoms with Crippen molar-refractivity contribution in [1.82, 2.24) is 14.7 Å². The molecule has 2 heterocycles. The van der Waals surface area contributed by atoms with Crippen molar-refractivity contribution in [2.45, 2.75) is 13.5 Å². The summed E-state index contributed by atoms with van der Waals surface area (Å²) >= 11 is 0. The van der Waals surface area contributed by atoms with E-state index in [-0.39, 0.29) is 30.2 Å². The molecule has 9 heteroatoms. The Kier molecular flexibility index (Phi) is 6.63. The number of hydrogen-bond donors (Lipinski definition) is 3. The fourth-order valence-corrected chi connectivity index (χ4v) is 3.58. The second-order valence-corrected chi connectivity index (χ2v) is 7.65. The summed E-state index contributed by atoms with van der Waals surface area (Å²) < 4.78 is 8.42. The molecule has 0 aliphatic carbocycles. The van der Waals surface area contributed by atoms with Crippen molar-refractivity contribution >= 4 is 23.2 Å². The van der Waals surface area contributed by atoms with Gasteiger partial charge in [-0.3, -0.25) is 19.1 Å². The Morgan fingerprint density at radius 3 is 2.44 bits per heavy atom. The van der Waals surface area contributed by atoms with Crippen molar-refractivity contribution in [2.24, 2.45) is 7.05 Å². The zero-order chi connectivity index (χ0) is 24.1. The lowest BCUT2D eigenvalue weighted by Gasteiger charge is -2.12. The SMILES string of the molecule is Cc1c(NC(=O)CNc2ccccc2C(=O)NCc2ccco2)c(=O)n(-c2ccccc2)n1C. The lowest BCUT2D eigenvalue weighted by atomic mass is 10.1. The molecule has 0 aliphatic heterocycles. The molecule has 0 fully saturated rings. The zero-order valence-electron chi connectivity index (χ0n) is 18.9. The van der Waals surface area contributed by atoms with Crippen LogP contribution in [0.2, 0.25) is 0 Å². The van der Waals surface area contributed by atoms with Crippen LogP contribution in [0.15, 0.2) is 82.2 Å². The third-order valence-corrected chi connectivity index (χ3v) is 5.43. The maximum atomic E-state index is 13.0. The summed E-state index contributed by atoms with van der Waals surface area (Å²) in [7, 11) is 1.76. The summed E-state index contributed by atoms with van der Waals surface area (Å²) in [5, 5.41) is 8.48. The minimum absolute atomic E-state index is 0.123. The quantitative estimate of drug-likeness (QED) is 0.375. The molecule has 4 rings (SSSR count). The molecule has 34 heavy (non-hydrogen) atoms. The summed E-state index contributed by atoms with van der Waals surface area (Å²) in [5.41, 5.74) is 2.11. The van der Waals surface area contributed by atoms with Crippen LogP contribution in [0, 0.1) is 6.92 Å². The van der Waals surface area contributed by atoms with Crippen LogP contribution >= 0.6 is 0 Å². The molecule has 0 aliphatic rings. The van der Waals surface area contributed by atoms with E-state index < -0.39 is 5.91 Å². The van der Waals surface area contributed by atoms with E-state index in [9.17, 15) is 14.4 Å². The fraction of sp³-hybridized carbons (Fsp3) is 0.160. The minimum Gasteiger partial charge on any atom is -0.467 e. The standard InChI is InChI=1S/C25H25N5O4/c1-17-23(25(33)30(29(17)2)18-9-4-3-5-10-18)28-22(31)16-26-21-13-7-6-12-20(21)24(32)27-15-19-11-8-14-34-19/h3-14,26H,15-16H2,1-2H3,(H,27,32)(H,28,31). The molecule has 0 radical (unpaired) electrons. The summed E-state index contributed by atoms with van der Waals surface area (Å²) in [4.78, 5) is 38.3. The van der Waals surface area contributed by atoms with Gasteiger partial charge in [0.05, 0.1) is 36.3 Å². The molecule has 0 atom stereocenters. The predicted octanol–water partition coefficient (Wildman–Crippen LogP) is 3.06. The van der Waals surface area contributed by atoms with E-state index in [0.29, 0.717) is 28.4 Å². The van der Waals surface area contributed by atoms with Gasteiger partial charge in [0.2, 0.25) is 5.91 Å². The lowest BCUT2D eigenvalue weighted by molar-refractivity contribution is -0.114. The normalized spacial score (nSPS) is 10.6. The Bertz CT molecular complexity index is 1350. The van der Waals surface area contributed by atoms with Crippen molar-refractivity contribution in [3.63, 3.8) is 0 Å². The molecule has 3 N–H and O–H groups in total. The number of nitrogens with zero attached hydrogens (tertiary/aromatic N) is 2. The molecule has 2 aromatic carbocycles. The Labute approximate surface area is 196 Å². The highest BCUT2D eigenvalue weighted by Crippen LogP contribution is 2.16. The first-order chi connectivity index (χ1) is 16.5. The largest absolute Gasteiger partial charge is 0.467 e. The Hall–Kier alpha value is -4.53. The smallest absolute Gasteiger partial charge is 0.295 e. The monoisotopic (exact) mass is 459 g/mol. The van der Waals surface area contributed by atoms with Gasteiger partial charge in [-0.25, -0.2) is 4.68 Å². The van der Waals surface area contributed by atoms with Gasteiger partial charge in [0.15, 0.2) is 0 Å². The molecule has 2 amide bonds. The van der Waals surface area contributed by atoms with Gasteiger partial charge in [0.1, 0.15) is 11.4 Å². The summed E-state index contributed by atoms with van der Waals surface area (Å²) in [6, 6.07) is 19.6. The highest BCUT2D eigenvalue weighted by atomic mass is 16.3. The third-order valence-electron chi connectivity index (χ3n) is 5.43. The van der Waals surface area contributed by atoms with Crippen LogP contribution in [0.4, 0.5) is 11.4 Å². The first kappa shape index (κ1) is 22.7. The van der Waals surface area contributed by atoms with Gasteiger partial charge < -0.3 is 20.4 Å². The van der Waals surface area contributed by atoms with E-state index >= 15 is 0 Å². The van der Waals surface area contributed by atoms with E-state index in [0.717, 1.165) is 0 Å². The first-order valence-electron chi connectivity index (χ1n) is 10.7. The molecule has 0 spiro atoms. The van der Waals surface area contributed by atoms with Crippen LogP contribution in [-0.2, 0) is 18.4 Å². The van der Waals surface area contributed by atoms with Crippen LogP contribution in [0.1, 0.15) is 21.8 Å². The number of carbonyl (C=O) groups excluding carboxylic acids is 2. The van der Waals surface area contributed by atoms with Gasteiger partial charge in [-0.15, -0.1) is 0 Å². The Morgan fingerprint density at radius 2 is 1.71 bits per heavy atom. The number of benzene rings is 2. The van der Waals surface area contributed by atoms with Gasteiger partial charge in [-0.2, -0.15) is 0 Å². The molecule has 2 aromatic heterocycles. The first-order valence-corrected chi connectivity index (χ1v) is 10.7. The number of carbonyl (C=O) groups is 2. The van der Waals surface area contributed by atoms with Crippen molar-refractivity contribution < 1.29 is 14.0 Å². The highest BCUT2D eigenvalue weighted by molar-refractivity contribution is 6.01. The highest BCUT2D eigenvalue weighted by Gasteiger charge is 2.18. The Morgan fingerprint density at radius 1 is 0.971 bits per heavy atom.